The fourth-order valence-corrected chi connectivity index (χ4v) is 3.94. The summed E-state index contributed by atoms with van der Waals surface area (Å²) in [6.07, 6.45) is 9.99. The maximum absolute atomic E-state index is 9.66. The highest BCUT2D eigenvalue weighted by atomic mass is 16.3. The van der Waals surface area contributed by atoms with Crippen molar-refractivity contribution < 1.29 is 5.11 Å². The average Bonchev–Trinajstić information content (AvgIpc) is 2.81. The molecule has 3 nitrogen and oxygen atoms in total. The molecule has 0 unspecified atom stereocenters. The first-order chi connectivity index (χ1) is 8.63. The zero-order valence-corrected chi connectivity index (χ0v) is 11.9. The van der Waals surface area contributed by atoms with E-state index in [1.54, 1.807) is 0 Å². The van der Waals surface area contributed by atoms with E-state index in [0.29, 0.717) is 12.6 Å². The molecule has 0 aromatic carbocycles. The molecule has 2 aliphatic rings. The number of aliphatic hydroxyl groups is 1. The summed E-state index contributed by atoms with van der Waals surface area (Å²) in [5, 5.41) is 9.66. The van der Waals surface area contributed by atoms with E-state index in [2.05, 4.69) is 11.9 Å². The van der Waals surface area contributed by atoms with Gasteiger partial charge in [0.25, 0.3) is 0 Å². The molecular formula is C15H30N2O. The molecule has 106 valence electrons. The van der Waals surface area contributed by atoms with Crippen molar-refractivity contribution in [3.05, 3.63) is 0 Å². The summed E-state index contributed by atoms with van der Waals surface area (Å²) >= 11 is 0. The summed E-state index contributed by atoms with van der Waals surface area (Å²) in [6, 6.07) is 0.449. The zero-order chi connectivity index (χ0) is 13.0. The van der Waals surface area contributed by atoms with Crippen LogP contribution in [0.2, 0.25) is 0 Å². The highest BCUT2D eigenvalue weighted by Crippen LogP contribution is 2.38. The topological polar surface area (TPSA) is 49.5 Å². The Bertz CT molecular complexity index is 243. The molecule has 0 radical (unpaired) electrons. The maximum Gasteiger partial charge on any atom is 0.0499 e. The Morgan fingerprint density at radius 2 is 1.78 bits per heavy atom. The van der Waals surface area contributed by atoms with E-state index in [9.17, 15) is 5.11 Å². The van der Waals surface area contributed by atoms with Gasteiger partial charge in [-0.3, -0.25) is 0 Å². The number of hydrogen-bond acceptors (Lipinski definition) is 3. The fourth-order valence-electron chi connectivity index (χ4n) is 3.94. The van der Waals surface area contributed by atoms with Gasteiger partial charge in [0.2, 0.25) is 0 Å². The predicted octanol–water partition coefficient (Wildman–Crippen LogP) is 1.99. The lowest BCUT2D eigenvalue weighted by atomic mass is 9.84. The lowest BCUT2D eigenvalue weighted by Gasteiger charge is -2.35. The highest BCUT2D eigenvalue weighted by molar-refractivity contribution is 4.87. The number of nitrogens with zero attached hydrogens (tertiary/aromatic N) is 1. The SMILES string of the molecule is CN(CC1CCC(N)CC1)CC1(CO)CCCC1. The Kier molecular flexibility index (Phi) is 5.05. The standard InChI is InChI=1S/C15H30N2O/c1-17(10-13-4-6-14(16)7-5-13)11-15(12-18)8-2-3-9-15/h13-14,18H,2-12,16H2,1H3. The van der Waals surface area contributed by atoms with E-state index in [1.807, 2.05) is 0 Å². The third-order valence-electron chi connectivity index (χ3n) is 5.07. The first kappa shape index (κ1) is 14.3. The fraction of sp³-hybridized carbons (Fsp3) is 1.00. The second kappa shape index (κ2) is 6.36. The molecule has 2 aliphatic carbocycles. The minimum atomic E-state index is 0.208. The minimum Gasteiger partial charge on any atom is -0.396 e. The summed E-state index contributed by atoms with van der Waals surface area (Å²) in [5.74, 6) is 0.826. The van der Waals surface area contributed by atoms with Crippen LogP contribution in [-0.4, -0.2) is 42.8 Å². The molecule has 0 aromatic heterocycles. The van der Waals surface area contributed by atoms with Crippen LogP contribution in [0, 0.1) is 11.3 Å². The Balaban J connectivity index is 1.75. The molecule has 0 saturated heterocycles. The van der Waals surface area contributed by atoms with E-state index in [4.69, 9.17) is 5.73 Å². The normalized spacial score (nSPS) is 32.0. The smallest absolute Gasteiger partial charge is 0.0499 e. The molecule has 2 saturated carbocycles. The van der Waals surface area contributed by atoms with Crippen molar-refractivity contribution in [1.29, 1.82) is 0 Å². The first-order valence-electron chi connectivity index (χ1n) is 7.68. The van der Waals surface area contributed by atoms with Crippen LogP contribution >= 0.6 is 0 Å². The van der Waals surface area contributed by atoms with Crippen LogP contribution in [0.25, 0.3) is 0 Å². The molecule has 0 atom stereocenters. The van der Waals surface area contributed by atoms with Gasteiger partial charge in [0.05, 0.1) is 0 Å². The van der Waals surface area contributed by atoms with E-state index >= 15 is 0 Å². The van der Waals surface area contributed by atoms with E-state index < -0.39 is 0 Å². The van der Waals surface area contributed by atoms with Crippen molar-refractivity contribution in [3.8, 4) is 0 Å². The highest BCUT2D eigenvalue weighted by Gasteiger charge is 2.34. The molecular weight excluding hydrogens is 224 g/mol. The van der Waals surface area contributed by atoms with Gasteiger partial charge in [-0.1, -0.05) is 12.8 Å². The van der Waals surface area contributed by atoms with Gasteiger partial charge in [0.1, 0.15) is 0 Å². The van der Waals surface area contributed by atoms with Crippen molar-refractivity contribution in [2.45, 2.75) is 57.4 Å². The van der Waals surface area contributed by atoms with Gasteiger partial charge in [-0.2, -0.15) is 0 Å². The molecule has 2 fully saturated rings. The third-order valence-corrected chi connectivity index (χ3v) is 5.07. The second-order valence-electron chi connectivity index (χ2n) is 6.84. The number of rotatable bonds is 5. The Morgan fingerprint density at radius 3 is 2.33 bits per heavy atom. The van der Waals surface area contributed by atoms with Crippen molar-refractivity contribution >= 4 is 0 Å². The van der Waals surface area contributed by atoms with Gasteiger partial charge >= 0.3 is 0 Å². The lowest BCUT2D eigenvalue weighted by molar-refractivity contribution is 0.0789. The average molecular weight is 254 g/mol. The molecule has 18 heavy (non-hydrogen) atoms. The molecule has 0 spiro atoms. The van der Waals surface area contributed by atoms with Crippen LogP contribution in [0.1, 0.15) is 51.4 Å². The van der Waals surface area contributed by atoms with Gasteiger partial charge in [-0.15, -0.1) is 0 Å². The van der Waals surface area contributed by atoms with E-state index in [1.165, 1.54) is 57.9 Å². The van der Waals surface area contributed by atoms with Gasteiger partial charge in [-0.05, 0) is 51.5 Å². The second-order valence-corrected chi connectivity index (χ2v) is 6.84. The largest absolute Gasteiger partial charge is 0.396 e. The maximum atomic E-state index is 9.66. The summed E-state index contributed by atoms with van der Waals surface area (Å²) in [7, 11) is 2.23. The van der Waals surface area contributed by atoms with Crippen LogP contribution in [0.5, 0.6) is 0 Å². The third kappa shape index (κ3) is 3.69. The molecule has 0 aromatic rings. The van der Waals surface area contributed by atoms with Gasteiger partial charge in [-0.25, -0.2) is 0 Å². The van der Waals surface area contributed by atoms with Crippen molar-refractivity contribution in [2.75, 3.05) is 26.7 Å². The molecule has 0 heterocycles. The molecule has 0 aliphatic heterocycles. The zero-order valence-electron chi connectivity index (χ0n) is 11.9. The number of aliphatic hydroxyl groups excluding tert-OH is 1. The van der Waals surface area contributed by atoms with Gasteiger partial charge < -0.3 is 15.7 Å². The Hall–Kier alpha value is -0.120. The lowest BCUT2D eigenvalue weighted by Crippen LogP contribution is -2.40. The van der Waals surface area contributed by atoms with Crippen molar-refractivity contribution in [2.24, 2.45) is 17.1 Å². The molecule has 3 heteroatoms. The van der Waals surface area contributed by atoms with E-state index in [0.717, 1.165) is 12.5 Å². The molecule has 0 bridgehead atoms. The molecule has 3 N–H and O–H groups in total. The Morgan fingerprint density at radius 1 is 1.17 bits per heavy atom. The summed E-state index contributed by atoms with van der Waals surface area (Å²) in [5.41, 5.74) is 6.16. The van der Waals surface area contributed by atoms with Crippen LogP contribution in [0.4, 0.5) is 0 Å². The monoisotopic (exact) mass is 254 g/mol. The first-order valence-corrected chi connectivity index (χ1v) is 7.68. The molecule has 2 rings (SSSR count). The Labute approximate surface area is 112 Å². The summed E-state index contributed by atoms with van der Waals surface area (Å²) < 4.78 is 0. The van der Waals surface area contributed by atoms with Gasteiger partial charge in [0.15, 0.2) is 0 Å². The van der Waals surface area contributed by atoms with Gasteiger partial charge in [0, 0.05) is 31.2 Å². The van der Waals surface area contributed by atoms with Crippen LogP contribution in [0.15, 0.2) is 0 Å². The molecule has 0 amide bonds. The van der Waals surface area contributed by atoms with Crippen molar-refractivity contribution in [3.63, 3.8) is 0 Å². The van der Waals surface area contributed by atoms with E-state index in [-0.39, 0.29) is 5.41 Å². The number of hydrogen-bond donors (Lipinski definition) is 2. The quantitative estimate of drug-likeness (QED) is 0.789. The predicted molar refractivity (Wildman–Crippen MR) is 75.4 cm³/mol. The van der Waals surface area contributed by atoms with Crippen molar-refractivity contribution in [1.82, 2.24) is 4.90 Å². The van der Waals surface area contributed by atoms with Crippen LogP contribution < -0.4 is 5.73 Å². The minimum absolute atomic E-state index is 0.208. The number of nitrogens with two attached hydrogens (primary N) is 1. The summed E-state index contributed by atoms with van der Waals surface area (Å²) in [6.45, 7) is 2.63. The summed E-state index contributed by atoms with van der Waals surface area (Å²) in [4.78, 5) is 2.46. The van der Waals surface area contributed by atoms with Crippen LogP contribution in [0.3, 0.4) is 0 Å². The van der Waals surface area contributed by atoms with Crippen LogP contribution in [-0.2, 0) is 0 Å².